The van der Waals surface area contributed by atoms with Gasteiger partial charge in [0.2, 0.25) is 12.7 Å². The fraction of sp³-hybridized carbons (Fsp3) is 0.400. The van der Waals surface area contributed by atoms with Crippen LogP contribution in [0.15, 0.2) is 18.2 Å². The van der Waals surface area contributed by atoms with Crippen molar-refractivity contribution in [3.8, 4) is 11.5 Å². The molecule has 8 nitrogen and oxygen atoms in total. The van der Waals surface area contributed by atoms with Crippen LogP contribution in [-0.4, -0.2) is 60.1 Å². The second kappa shape index (κ2) is 5.15. The van der Waals surface area contributed by atoms with E-state index < -0.39 is 0 Å². The molecular weight excluding hydrogens is 302 g/mol. The fourth-order valence-corrected chi connectivity index (χ4v) is 3.15. The van der Waals surface area contributed by atoms with Gasteiger partial charge in [-0.2, -0.15) is 0 Å². The minimum Gasteiger partial charge on any atom is -0.454 e. The highest BCUT2D eigenvalue weighted by molar-refractivity contribution is 6.02. The number of benzene rings is 1. The van der Waals surface area contributed by atoms with E-state index in [0.29, 0.717) is 36.6 Å². The summed E-state index contributed by atoms with van der Waals surface area (Å²) in [6, 6.07) is 4.42. The highest BCUT2D eigenvalue weighted by atomic mass is 16.7. The van der Waals surface area contributed by atoms with Crippen molar-refractivity contribution in [2.24, 2.45) is 0 Å². The molecule has 0 bridgehead atoms. The Kier molecular flexibility index (Phi) is 3.10. The van der Waals surface area contributed by atoms with Crippen LogP contribution in [-0.2, 0) is 4.79 Å². The number of nitrogens with one attached hydrogen (secondary N) is 1. The van der Waals surface area contributed by atoms with Gasteiger partial charge in [-0.1, -0.05) is 0 Å². The van der Waals surface area contributed by atoms with Gasteiger partial charge in [-0.15, -0.1) is 0 Å². The largest absolute Gasteiger partial charge is 0.454 e. The second-order valence-electron chi connectivity index (χ2n) is 5.68. The maximum atomic E-state index is 12.6. The molecule has 0 saturated carbocycles. The Morgan fingerprint density at radius 3 is 2.83 bits per heavy atom. The summed E-state index contributed by atoms with van der Waals surface area (Å²) >= 11 is 0. The van der Waals surface area contributed by atoms with Crippen LogP contribution in [0.25, 0.3) is 0 Å². The average molecular weight is 317 g/mol. The Morgan fingerprint density at radius 2 is 2.04 bits per heavy atom. The number of rotatable bonds is 2. The topological polar surface area (TPSA) is 88.2 Å². The summed E-state index contributed by atoms with van der Waals surface area (Å²) < 4.78 is 10.5. The summed E-state index contributed by atoms with van der Waals surface area (Å²) in [5.74, 6) is 0.802. The third-order valence-electron chi connectivity index (χ3n) is 4.31. The van der Waals surface area contributed by atoms with Crippen LogP contribution in [0.4, 0.5) is 4.79 Å². The van der Waals surface area contributed by atoms with Gasteiger partial charge in [0.15, 0.2) is 11.5 Å². The van der Waals surface area contributed by atoms with Crippen LogP contribution >= 0.6 is 0 Å². The molecule has 0 aliphatic carbocycles. The first-order valence-corrected chi connectivity index (χ1v) is 7.42. The smallest absolute Gasteiger partial charge is 0.324 e. The average Bonchev–Trinajstić information content (AvgIpc) is 3.26. The van der Waals surface area contributed by atoms with Gasteiger partial charge in [0, 0.05) is 18.7 Å². The highest BCUT2D eigenvalue weighted by Crippen LogP contribution is 2.33. The minimum absolute atomic E-state index is 0.0332. The van der Waals surface area contributed by atoms with E-state index in [-0.39, 0.29) is 37.2 Å². The molecule has 3 heterocycles. The zero-order valence-corrected chi connectivity index (χ0v) is 12.3. The van der Waals surface area contributed by atoms with E-state index in [2.05, 4.69) is 5.32 Å². The van der Waals surface area contributed by atoms with Crippen LogP contribution in [0.3, 0.4) is 0 Å². The Bertz CT molecular complexity index is 688. The summed E-state index contributed by atoms with van der Waals surface area (Å²) in [6.07, 6.45) is 0.593. The van der Waals surface area contributed by atoms with Crippen molar-refractivity contribution in [1.82, 2.24) is 15.1 Å². The molecule has 1 unspecified atom stereocenters. The molecule has 120 valence electrons. The molecule has 2 saturated heterocycles. The number of nitrogens with zero attached hydrogens (tertiary/aromatic N) is 2. The molecular formula is C15H15N3O5. The zero-order chi connectivity index (χ0) is 16.0. The highest BCUT2D eigenvalue weighted by Gasteiger charge is 2.39. The summed E-state index contributed by atoms with van der Waals surface area (Å²) in [5, 5.41) is 2.50. The van der Waals surface area contributed by atoms with Crippen molar-refractivity contribution in [2.45, 2.75) is 12.5 Å². The van der Waals surface area contributed by atoms with Gasteiger partial charge < -0.3 is 19.7 Å². The van der Waals surface area contributed by atoms with Crippen LogP contribution in [0, 0.1) is 0 Å². The van der Waals surface area contributed by atoms with E-state index in [1.54, 1.807) is 23.1 Å². The van der Waals surface area contributed by atoms with Crippen LogP contribution in [0.5, 0.6) is 11.5 Å². The van der Waals surface area contributed by atoms with Crippen LogP contribution in [0.2, 0.25) is 0 Å². The molecule has 1 aromatic carbocycles. The molecule has 1 N–H and O–H groups in total. The Morgan fingerprint density at radius 1 is 1.22 bits per heavy atom. The molecule has 0 spiro atoms. The van der Waals surface area contributed by atoms with Gasteiger partial charge in [0.05, 0.1) is 12.6 Å². The van der Waals surface area contributed by atoms with Crippen molar-refractivity contribution in [3.05, 3.63) is 23.8 Å². The number of fused-ring (bicyclic) bond motifs is 1. The standard InChI is InChI=1S/C15H15N3O5/c19-13-6-16-15(21)18(13)10-3-4-17(7-10)14(20)9-1-2-11-12(5-9)23-8-22-11/h1-2,5,10H,3-4,6-8H2,(H,16,21). The maximum absolute atomic E-state index is 12.6. The second-order valence-corrected chi connectivity index (χ2v) is 5.68. The van der Waals surface area contributed by atoms with Crippen molar-refractivity contribution in [3.63, 3.8) is 0 Å². The van der Waals surface area contributed by atoms with E-state index in [4.69, 9.17) is 9.47 Å². The van der Waals surface area contributed by atoms with Crippen molar-refractivity contribution >= 4 is 17.8 Å². The van der Waals surface area contributed by atoms with E-state index in [9.17, 15) is 14.4 Å². The van der Waals surface area contributed by atoms with E-state index >= 15 is 0 Å². The summed E-state index contributed by atoms with van der Waals surface area (Å²) in [6.45, 7) is 1.05. The third kappa shape index (κ3) is 2.26. The lowest BCUT2D eigenvalue weighted by Gasteiger charge is -2.21. The quantitative estimate of drug-likeness (QED) is 0.786. The van der Waals surface area contributed by atoms with Gasteiger partial charge in [-0.3, -0.25) is 14.5 Å². The van der Waals surface area contributed by atoms with Gasteiger partial charge >= 0.3 is 6.03 Å². The first-order chi connectivity index (χ1) is 11.1. The number of urea groups is 1. The number of carbonyl (C=O) groups is 3. The molecule has 2 fully saturated rings. The molecule has 3 aliphatic rings. The van der Waals surface area contributed by atoms with Gasteiger partial charge in [0.1, 0.15) is 0 Å². The first-order valence-electron chi connectivity index (χ1n) is 7.42. The SMILES string of the molecule is O=C(c1ccc2c(c1)OCO2)N1CCC(N2C(=O)CNC2=O)C1. The predicted octanol–water partition coefficient (Wildman–Crippen LogP) is 0.182. The number of hydrogen-bond donors (Lipinski definition) is 1. The summed E-state index contributed by atoms with van der Waals surface area (Å²) in [4.78, 5) is 38.9. The number of hydrogen-bond acceptors (Lipinski definition) is 5. The van der Waals surface area contributed by atoms with Crippen molar-refractivity contribution in [2.75, 3.05) is 26.4 Å². The van der Waals surface area contributed by atoms with Crippen molar-refractivity contribution < 1.29 is 23.9 Å². The number of carbonyl (C=O) groups excluding carboxylic acids is 3. The molecule has 1 atom stereocenters. The molecule has 4 amide bonds. The number of amides is 4. The molecule has 4 rings (SSSR count). The normalized spacial score (nSPS) is 22.7. The Labute approximate surface area is 131 Å². The minimum atomic E-state index is -0.377. The Hall–Kier alpha value is -2.77. The molecule has 3 aliphatic heterocycles. The molecule has 8 heteroatoms. The molecule has 0 radical (unpaired) electrons. The fourth-order valence-electron chi connectivity index (χ4n) is 3.15. The predicted molar refractivity (Wildman–Crippen MR) is 77.1 cm³/mol. The van der Waals surface area contributed by atoms with E-state index in [0.717, 1.165) is 0 Å². The summed E-state index contributed by atoms with van der Waals surface area (Å²) in [5.41, 5.74) is 0.507. The lowest BCUT2D eigenvalue weighted by molar-refractivity contribution is -0.126. The van der Waals surface area contributed by atoms with E-state index in [1.165, 1.54) is 4.90 Å². The molecule has 23 heavy (non-hydrogen) atoms. The lowest BCUT2D eigenvalue weighted by atomic mass is 10.2. The third-order valence-corrected chi connectivity index (χ3v) is 4.31. The maximum Gasteiger partial charge on any atom is 0.324 e. The molecule has 1 aromatic rings. The lowest BCUT2D eigenvalue weighted by Crippen LogP contribution is -2.42. The van der Waals surface area contributed by atoms with Crippen LogP contribution in [0.1, 0.15) is 16.8 Å². The van der Waals surface area contributed by atoms with Crippen LogP contribution < -0.4 is 14.8 Å². The number of ether oxygens (including phenoxy) is 2. The van der Waals surface area contributed by atoms with Crippen molar-refractivity contribution in [1.29, 1.82) is 0 Å². The van der Waals surface area contributed by atoms with Gasteiger partial charge in [-0.05, 0) is 24.6 Å². The van der Waals surface area contributed by atoms with E-state index in [1.807, 2.05) is 0 Å². The molecule has 0 aromatic heterocycles. The summed E-state index contributed by atoms with van der Waals surface area (Å²) in [7, 11) is 0. The number of imide groups is 1. The monoisotopic (exact) mass is 317 g/mol. The Balaban J connectivity index is 1.48. The van der Waals surface area contributed by atoms with Gasteiger partial charge in [0.25, 0.3) is 5.91 Å². The number of likely N-dealkylation sites (tertiary alicyclic amines) is 1. The first kappa shape index (κ1) is 13.9. The van der Waals surface area contributed by atoms with Gasteiger partial charge in [-0.25, -0.2) is 4.79 Å². The zero-order valence-electron chi connectivity index (χ0n) is 12.3.